The SMILES string of the molecule is CN1OC(C)(C)C(=O)C(c2cc(Cl)ccc2Cl)C1=O. The number of hydroxylamine groups is 2. The Labute approximate surface area is 121 Å². The van der Waals surface area contributed by atoms with Gasteiger partial charge in [-0.05, 0) is 37.6 Å². The van der Waals surface area contributed by atoms with E-state index in [0.717, 1.165) is 5.06 Å². The molecule has 19 heavy (non-hydrogen) atoms. The van der Waals surface area contributed by atoms with Crippen LogP contribution in [0.15, 0.2) is 18.2 Å². The number of hydrogen-bond donors (Lipinski definition) is 0. The van der Waals surface area contributed by atoms with Crippen LogP contribution in [0.4, 0.5) is 0 Å². The minimum Gasteiger partial charge on any atom is -0.295 e. The summed E-state index contributed by atoms with van der Waals surface area (Å²) in [6.45, 7) is 3.23. The number of halogens is 2. The Hall–Kier alpha value is -1.10. The number of benzene rings is 1. The van der Waals surface area contributed by atoms with Crippen LogP contribution < -0.4 is 0 Å². The highest BCUT2D eigenvalue weighted by Gasteiger charge is 2.48. The third-order valence-electron chi connectivity index (χ3n) is 3.05. The predicted octanol–water partition coefficient (Wildman–Crippen LogP) is 2.83. The molecule has 1 unspecified atom stereocenters. The molecule has 102 valence electrons. The molecular weight excluding hydrogens is 289 g/mol. The largest absolute Gasteiger partial charge is 0.295 e. The molecule has 2 rings (SSSR count). The number of nitrogens with zero attached hydrogens (tertiary/aromatic N) is 1. The second-order valence-electron chi connectivity index (χ2n) is 4.90. The van der Waals surface area contributed by atoms with Crippen molar-refractivity contribution < 1.29 is 14.4 Å². The van der Waals surface area contributed by atoms with E-state index >= 15 is 0 Å². The summed E-state index contributed by atoms with van der Waals surface area (Å²) in [4.78, 5) is 29.8. The summed E-state index contributed by atoms with van der Waals surface area (Å²) < 4.78 is 0. The number of carbonyl (C=O) groups is 2. The highest BCUT2D eigenvalue weighted by atomic mass is 35.5. The minimum atomic E-state index is -1.08. The van der Waals surface area contributed by atoms with Gasteiger partial charge in [0.1, 0.15) is 11.5 Å². The fourth-order valence-electron chi connectivity index (χ4n) is 2.08. The lowest BCUT2D eigenvalue weighted by atomic mass is 9.84. The van der Waals surface area contributed by atoms with Crippen molar-refractivity contribution in [3.63, 3.8) is 0 Å². The van der Waals surface area contributed by atoms with Crippen molar-refractivity contribution in [1.29, 1.82) is 0 Å². The van der Waals surface area contributed by atoms with Gasteiger partial charge in [0.25, 0.3) is 5.91 Å². The van der Waals surface area contributed by atoms with Gasteiger partial charge >= 0.3 is 0 Å². The molecule has 0 spiro atoms. The fourth-order valence-corrected chi connectivity index (χ4v) is 2.49. The van der Waals surface area contributed by atoms with E-state index in [2.05, 4.69) is 0 Å². The van der Waals surface area contributed by atoms with Gasteiger partial charge in [-0.1, -0.05) is 23.2 Å². The Morgan fingerprint density at radius 2 is 1.89 bits per heavy atom. The molecule has 1 heterocycles. The standard InChI is InChI=1S/C13H13Cl2NO3/c1-13(2)11(17)10(12(18)16(3)19-13)8-6-7(14)4-5-9(8)15/h4-6,10H,1-3H3. The summed E-state index contributed by atoms with van der Waals surface area (Å²) in [5, 5.41) is 1.83. The topological polar surface area (TPSA) is 46.6 Å². The van der Waals surface area contributed by atoms with Crippen molar-refractivity contribution in [2.45, 2.75) is 25.4 Å². The molecule has 1 saturated heterocycles. The Balaban J connectivity index is 2.54. The van der Waals surface area contributed by atoms with Gasteiger partial charge in [-0.25, -0.2) is 5.06 Å². The monoisotopic (exact) mass is 301 g/mol. The van der Waals surface area contributed by atoms with Gasteiger partial charge in [-0.15, -0.1) is 0 Å². The average Bonchev–Trinajstić information content (AvgIpc) is 2.31. The summed E-state index contributed by atoms with van der Waals surface area (Å²) in [5.74, 6) is -1.77. The number of amides is 1. The molecule has 0 saturated carbocycles. The van der Waals surface area contributed by atoms with Gasteiger partial charge in [-0.3, -0.25) is 14.4 Å². The first-order valence-electron chi connectivity index (χ1n) is 5.70. The summed E-state index contributed by atoms with van der Waals surface area (Å²) >= 11 is 12.0. The van der Waals surface area contributed by atoms with Crippen LogP contribution >= 0.6 is 23.2 Å². The van der Waals surface area contributed by atoms with Gasteiger partial charge in [0, 0.05) is 17.1 Å². The van der Waals surface area contributed by atoms with E-state index in [4.69, 9.17) is 28.0 Å². The molecule has 1 aliphatic heterocycles. The zero-order valence-corrected chi connectivity index (χ0v) is 12.2. The second kappa shape index (κ2) is 4.78. The van der Waals surface area contributed by atoms with Crippen LogP contribution in [0.1, 0.15) is 25.3 Å². The molecule has 1 aliphatic rings. The van der Waals surface area contributed by atoms with Crippen LogP contribution in [-0.4, -0.2) is 29.4 Å². The van der Waals surface area contributed by atoms with E-state index in [9.17, 15) is 9.59 Å². The average molecular weight is 302 g/mol. The zero-order valence-electron chi connectivity index (χ0n) is 10.7. The number of hydrogen-bond acceptors (Lipinski definition) is 3. The number of carbonyl (C=O) groups excluding carboxylic acids is 2. The Morgan fingerprint density at radius 1 is 1.26 bits per heavy atom. The maximum Gasteiger partial charge on any atom is 0.261 e. The lowest BCUT2D eigenvalue weighted by molar-refractivity contribution is -0.233. The quantitative estimate of drug-likeness (QED) is 0.749. The third kappa shape index (κ3) is 2.48. The first-order valence-corrected chi connectivity index (χ1v) is 6.45. The zero-order chi connectivity index (χ0) is 14.4. The molecule has 0 aliphatic carbocycles. The third-order valence-corrected chi connectivity index (χ3v) is 3.63. The van der Waals surface area contributed by atoms with Gasteiger partial charge < -0.3 is 0 Å². The van der Waals surface area contributed by atoms with E-state index in [-0.39, 0.29) is 5.78 Å². The minimum absolute atomic E-state index is 0.334. The van der Waals surface area contributed by atoms with Crippen LogP contribution in [0, 0.1) is 0 Å². The Morgan fingerprint density at radius 3 is 2.53 bits per heavy atom. The van der Waals surface area contributed by atoms with E-state index in [1.807, 2.05) is 0 Å². The molecule has 6 heteroatoms. The van der Waals surface area contributed by atoms with Gasteiger partial charge in [0.2, 0.25) is 0 Å². The van der Waals surface area contributed by atoms with E-state index in [1.54, 1.807) is 32.0 Å². The van der Waals surface area contributed by atoms with Crippen LogP contribution in [0.5, 0.6) is 0 Å². The van der Waals surface area contributed by atoms with Gasteiger partial charge in [0.15, 0.2) is 5.78 Å². The molecule has 0 aromatic heterocycles. The lowest BCUT2D eigenvalue weighted by Crippen LogP contribution is -2.54. The molecule has 4 nitrogen and oxygen atoms in total. The van der Waals surface area contributed by atoms with Crippen LogP contribution in [0.3, 0.4) is 0 Å². The summed E-state index contributed by atoms with van der Waals surface area (Å²) in [6, 6.07) is 4.72. The van der Waals surface area contributed by atoms with Crippen molar-refractivity contribution in [2.75, 3.05) is 7.05 Å². The van der Waals surface area contributed by atoms with Crippen molar-refractivity contribution in [2.24, 2.45) is 0 Å². The summed E-state index contributed by atoms with van der Waals surface area (Å²) in [7, 11) is 1.47. The predicted molar refractivity (Wildman–Crippen MR) is 72.1 cm³/mol. The van der Waals surface area contributed by atoms with Crippen LogP contribution in [0.25, 0.3) is 0 Å². The highest BCUT2D eigenvalue weighted by molar-refractivity contribution is 6.34. The van der Waals surface area contributed by atoms with Crippen molar-refractivity contribution in [3.8, 4) is 0 Å². The first kappa shape index (κ1) is 14.3. The van der Waals surface area contributed by atoms with Crippen molar-refractivity contribution in [3.05, 3.63) is 33.8 Å². The van der Waals surface area contributed by atoms with E-state index in [1.165, 1.54) is 7.05 Å². The second-order valence-corrected chi connectivity index (χ2v) is 5.74. The molecule has 0 N–H and O–H groups in total. The smallest absolute Gasteiger partial charge is 0.261 e. The van der Waals surface area contributed by atoms with Crippen LogP contribution in [-0.2, 0) is 14.4 Å². The number of ketones is 1. The first-order chi connectivity index (χ1) is 8.74. The number of rotatable bonds is 1. The van der Waals surface area contributed by atoms with E-state index in [0.29, 0.717) is 15.6 Å². The molecular formula is C13H13Cl2NO3. The van der Waals surface area contributed by atoms with Gasteiger partial charge in [-0.2, -0.15) is 0 Å². The lowest BCUT2D eigenvalue weighted by Gasteiger charge is -2.38. The van der Waals surface area contributed by atoms with Crippen LogP contribution in [0.2, 0.25) is 10.0 Å². The summed E-state index contributed by atoms with van der Waals surface area (Å²) in [6.07, 6.45) is 0. The molecule has 0 bridgehead atoms. The highest BCUT2D eigenvalue weighted by Crippen LogP contribution is 2.36. The molecule has 1 amide bonds. The maximum atomic E-state index is 12.4. The fraction of sp³-hybridized carbons (Fsp3) is 0.385. The Kier molecular flexibility index (Phi) is 3.60. The Bertz CT molecular complexity index is 557. The number of likely N-dealkylation sites (N-methyl/N-ethyl adjacent to an activating group) is 1. The molecule has 1 atom stereocenters. The molecule has 1 fully saturated rings. The summed E-state index contributed by atoms with van der Waals surface area (Å²) in [5.41, 5.74) is -0.675. The molecule has 0 radical (unpaired) electrons. The normalized spacial score (nSPS) is 22.8. The molecule has 1 aromatic carbocycles. The molecule has 1 aromatic rings. The van der Waals surface area contributed by atoms with E-state index < -0.39 is 17.4 Å². The van der Waals surface area contributed by atoms with Crippen molar-refractivity contribution in [1.82, 2.24) is 5.06 Å². The van der Waals surface area contributed by atoms with Gasteiger partial charge in [0.05, 0.1) is 0 Å². The van der Waals surface area contributed by atoms with Crippen molar-refractivity contribution >= 4 is 34.9 Å². The maximum absolute atomic E-state index is 12.4. The number of Topliss-reactive ketones (excluding diaryl/α,β-unsaturated/α-hetero) is 1.